The van der Waals surface area contributed by atoms with Gasteiger partial charge < -0.3 is 9.47 Å². The Morgan fingerprint density at radius 3 is 2.53 bits per heavy atom. The molecule has 0 atom stereocenters. The van der Waals surface area contributed by atoms with E-state index in [9.17, 15) is 4.79 Å². The number of ether oxygens (including phenoxy) is 2. The minimum atomic E-state index is -0.658. The number of halogens is 1. The Labute approximate surface area is 96.1 Å². The van der Waals surface area contributed by atoms with E-state index < -0.39 is 6.16 Å². The first-order valence-electron chi connectivity index (χ1n) is 5.58. The summed E-state index contributed by atoms with van der Waals surface area (Å²) in [5.41, 5.74) is 0. The second-order valence-corrected chi connectivity index (χ2v) is 4.48. The van der Waals surface area contributed by atoms with Gasteiger partial charge in [-0.3, -0.25) is 0 Å². The first-order valence-corrected chi connectivity index (χ1v) is 6.11. The Morgan fingerprint density at radius 1 is 1.27 bits per heavy atom. The summed E-state index contributed by atoms with van der Waals surface area (Å²) in [4.78, 5) is 10.8. The minimum Gasteiger partial charge on any atom is -0.434 e. The van der Waals surface area contributed by atoms with E-state index in [-0.39, 0.29) is 6.07 Å². The average Bonchev–Trinajstić information content (AvgIpc) is 2.21. The van der Waals surface area contributed by atoms with Crippen LogP contribution in [0.3, 0.4) is 0 Å². The summed E-state index contributed by atoms with van der Waals surface area (Å²) in [5, 5.41) is 0. The fraction of sp³-hybridized carbons (Fsp3) is 0.909. The van der Waals surface area contributed by atoms with Gasteiger partial charge in [-0.05, 0) is 18.3 Å². The normalized spacial score (nSPS) is 26.0. The molecule has 0 saturated heterocycles. The van der Waals surface area contributed by atoms with Crippen LogP contribution in [0.25, 0.3) is 0 Å². The number of hydrogen-bond acceptors (Lipinski definition) is 3. The van der Waals surface area contributed by atoms with Crippen LogP contribution in [0, 0.1) is 11.8 Å². The van der Waals surface area contributed by atoms with Gasteiger partial charge in [-0.25, -0.2) is 4.79 Å². The van der Waals surface area contributed by atoms with Gasteiger partial charge in [-0.1, -0.05) is 44.2 Å². The third kappa shape index (κ3) is 5.26. The molecule has 0 N–H and O–H groups in total. The summed E-state index contributed by atoms with van der Waals surface area (Å²) in [7, 11) is 0. The quantitative estimate of drug-likeness (QED) is 0.551. The molecule has 0 unspecified atom stereocenters. The van der Waals surface area contributed by atoms with Crippen LogP contribution in [-0.4, -0.2) is 18.8 Å². The Kier molecular flexibility index (Phi) is 5.84. The van der Waals surface area contributed by atoms with Crippen molar-refractivity contribution in [2.24, 2.45) is 11.8 Å². The van der Waals surface area contributed by atoms with Crippen molar-refractivity contribution in [2.45, 2.75) is 39.0 Å². The van der Waals surface area contributed by atoms with Crippen molar-refractivity contribution in [3.8, 4) is 0 Å². The zero-order valence-corrected chi connectivity index (χ0v) is 9.96. The number of carbonyl (C=O) groups is 1. The van der Waals surface area contributed by atoms with Crippen LogP contribution in [0.4, 0.5) is 4.79 Å². The van der Waals surface area contributed by atoms with E-state index in [1.165, 1.54) is 25.7 Å². The minimum absolute atomic E-state index is 0.139. The second-order valence-electron chi connectivity index (χ2n) is 4.27. The fourth-order valence-electron chi connectivity index (χ4n) is 2.01. The van der Waals surface area contributed by atoms with Gasteiger partial charge in [-0.15, -0.1) is 0 Å². The molecular formula is C11H19ClO3. The fourth-order valence-corrected chi connectivity index (χ4v) is 2.10. The van der Waals surface area contributed by atoms with Crippen molar-refractivity contribution in [1.82, 2.24) is 0 Å². The highest BCUT2D eigenvalue weighted by Crippen LogP contribution is 2.30. The predicted octanol–water partition coefficient (Wildman–Crippen LogP) is 3.55. The highest BCUT2D eigenvalue weighted by Gasteiger charge is 2.18. The molecule has 15 heavy (non-hydrogen) atoms. The summed E-state index contributed by atoms with van der Waals surface area (Å²) in [5.74, 6) is 1.58. The van der Waals surface area contributed by atoms with Gasteiger partial charge in [0.05, 0.1) is 6.61 Å². The maximum Gasteiger partial charge on any atom is 0.509 e. The van der Waals surface area contributed by atoms with Crippen molar-refractivity contribution >= 4 is 17.8 Å². The van der Waals surface area contributed by atoms with Crippen molar-refractivity contribution in [3.05, 3.63) is 0 Å². The van der Waals surface area contributed by atoms with Gasteiger partial charge in [0.15, 0.2) is 6.07 Å². The third-order valence-corrected chi connectivity index (χ3v) is 3.16. The molecule has 1 saturated carbocycles. The van der Waals surface area contributed by atoms with Crippen molar-refractivity contribution in [3.63, 3.8) is 0 Å². The summed E-state index contributed by atoms with van der Waals surface area (Å²) < 4.78 is 9.32. The molecule has 3 nitrogen and oxygen atoms in total. The van der Waals surface area contributed by atoms with Crippen molar-refractivity contribution in [2.75, 3.05) is 12.7 Å². The molecule has 0 spiro atoms. The molecule has 88 valence electrons. The van der Waals surface area contributed by atoms with Gasteiger partial charge in [0.2, 0.25) is 0 Å². The lowest BCUT2D eigenvalue weighted by Crippen LogP contribution is -2.15. The van der Waals surface area contributed by atoms with Crippen LogP contribution in [0.5, 0.6) is 0 Å². The summed E-state index contributed by atoms with van der Waals surface area (Å²) in [6.07, 6.45) is 5.41. The Balaban J connectivity index is 2.02. The van der Waals surface area contributed by atoms with Gasteiger partial charge in [0.25, 0.3) is 0 Å². The molecule has 1 aliphatic carbocycles. The third-order valence-electron chi connectivity index (χ3n) is 3.05. The van der Waals surface area contributed by atoms with Crippen LogP contribution < -0.4 is 0 Å². The maximum absolute atomic E-state index is 10.8. The molecule has 0 aromatic rings. The predicted molar refractivity (Wildman–Crippen MR) is 58.9 cm³/mol. The molecule has 1 rings (SSSR count). The van der Waals surface area contributed by atoms with Crippen LogP contribution in [0.1, 0.15) is 39.0 Å². The zero-order chi connectivity index (χ0) is 11.1. The van der Waals surface area contributed by atoms with Gasteiger partial charge in [-0.2, -0.15) is 0 Å². The van der Waals surface area contributed by atoms with Crippen LogP contribution in [0.2, 0.25) is 0 Å². The average molecular weight is 235 g/mol. The van der Waals surface area contributed by atoms with Crippen molar-refractivity contribution < 1.29 is 14.3 Å². The molecular weight excluding hydrogens is 216 g/mol. The lowest BCUT2D eigenvalue weighted by atomic mass is 9.82. The van der Waals surface area contributed by atoms with Crippen molar-refractivity contribution in [1.29, 1.82) is 0 Å². The molecule has 1 aliphatic rings. The second kappa shape index (κ2) is 6.94. The van der Waals surface area contributed by atoms with E-state index in [0.717, 1.165) is 12.3 Å². The largest absolute Gasteiger partial charge is 0.509 e. The van der Waals surface area contributed by atoms with Crippen LogP contribution in [0.15, 0.2) is 0 Å². The first-order chi connectivity index (χ1) is 7.22. The number of hydrogen-bond donors (Lipinski definition) is 0. The number of carbonyl (C=O) groups excluding carboxylic acids is 1. The summed E-state index contributed by atoms with van der Waals surface area (Å²) in [6.45, 7) is 2.75. The Bertz CT molecular complexity index is 188. The SMILES string of the molecule is CC1CCC(CCOC(=O)OCCl)CC1. The molecule has 0 amide bonds. The van der Waals surface area contributed by atoms with Crippen LogP contribution >= 0.6 is 11.6 Å². The maximum atomic E-state index is 10.8. The molecule has 0 aromatic carbocycles. The molecule has 0 aromatic heterocycles. The van der Waals surface area contributed by atoms with E-state index in [1.807, 2.05) is 0 Å². The smallest absolute Gasteiger partial charge is 0.434 e. The van der Waals surface area contributed by atoms with E-state index >= 15 is 0 Å². The highest BCUT2D eigenvalue weighted by molar-refractivity contribution is 6.17. The Hall–Kier alpha value is -0.440. The lowest BCUT2D eigenvalue weighted by Gasteiger charge is -2.25. The van der Waals surface area contributed by atoms with Gasteiger partial charge in [0, 0.05) is 0 Å². The highest BCUT2D eigenvalue weighted by atomic mass is 35.5. The van der Waals surface area contributed by atoms with Gasteiger partial charge in [0.1, 0.15) is 0 Å². The monoisotopic (exact) mass is 234 g/mol. The topological polar surface area (TPSA) is 35.5 Å². The van der Waals surface area contributed by atoms with E-state index in [2.05, 4.69) is 11.7 Å². The first kappa shape index (κ1) is 12.6. The summed E-state index contributed by atoms with van der Waals surface area (Å²) >= 11 is 5.22. The number of alkyl halides is 1. The standard InChI is InChI=1S/C11H19ClO3/c1-9-2-4-10(5-3-9)6-7-14-11(13)15-8-12/h9-10H,2-8H2,1H3. The molecule has 0 bridgehead atoms. The Morgan fingerprint density at radius 2 is 1.93 bits per heavy atom. The van der Waals surface area contributed by atoms with E-state index in [4.69, 9.17) is 16.3 Å². The van der Waals surface area contributed by atoms with E-state index in [1.54, 1.807) is 0 Å². The molecule has 1 fully saturated rings. The molecule has 4 heteroatoms. The zero-order valence-electron chi connectivity index (χ0n) is 9.21. The molecule has 0 aliphatic heterocycles. The molecule has 0 heterocycles. The van der Waals surface area contributed by atoms with E-state index in [0.29, 0.717) is 12.5 Å². The van der Waals surface area contributed by atoms with Gasteiger partial charge >= 0.3 is 6.16 Å². The van der Waals surface area contributed by atoms with Crippen LogP contribution in [-0.2, 0) is 9.47 Å². The molecule has 0 radical (unpaired) electrons. The number of rotatable bonds is 4. The lowest BCUT2D eigenvalue weighted by molar-refractivity contribution is 0.0611. The summed E-state index contributed by atoms with van der Waals surface area (Å²) in [6, 6.07) is -0.139.